The molecule has 7 atom stereocenters. The molecule has 3 nitrogen and oxygen atoms in total. The van der Waals surface area contributed by atoms with Gasteiger partial charge in [-0.25, -0.2) is 0 Å². The molecule has 0 amide bonds. The van der Waals surface area contributed by atoms with E-state index in [1.54, 1.807) is 0 Å². The summed E-state index contributed by atoms with van der Waals surface area (Å²) in [7, 11) is 0. The Hall–Kier alpha value is -1.90. The summed E-state index contributed by atoms with van der Waals surface area (Å²) < 4.78 is 5.70. The fourth-order valence-electron chi connectivity index (χ4n) is 5.58. The molecule has 0 aliphatic heterocycles. The van der Waals surface area contributed by atoms with Crippen molar-refractivity contribution in [3.05, 3.63) is 47.5 Å². The van der Waals surface area contributed by atoms with Gasteiger partial charge in [-0.1, -0.05) is 36.4 Å². The smallest absolute Gasteiger partial charge is 0.302 e. The number of ether oxygens (including phenoxy) is 1. The van der Waals surface area contributed by atoms with E-state index in [0.717, 1.165) is 0 Å². The topological polar surface area (TPSA) is 43.4 Å². The van der Waals surface area contributed by atoms with Crippen LogP contribution in [0.15, 0.2) is 36.4 Å². The quantitative estimate of drug-likeness (QED) is 0.451. The van der Waals surface area contributed by atoms with E-state index in [2.05, 4.69) is 24.3 Å². The van der Waals surface area contributed by atoms with Crippen molar-refractivity contribution in [3.8, 4) is 0 Å². The highest BCUT2D eigenvalue weighted by molar-refractivity contribution is 5.93. The van der Waals surface area contributed by atoms with Crippen LogP contribution in [0, 0.1) is 23.7 Å². The number of fused-ring (bicyclic) bond motifs is 12. The first-order chi connectivity index (χ1) is 10.2. The molecular formula is C18H16O3. The summed E-state index contributed by atoms with van der Waals surface area (Å²) in [5.74, 6) is 1.31. The maximum atomic E-state index is 12.4. The number of hydrogen-bond donors (Lipinski definition) is 0. The molecule has 2 saturated carbocycles. The first kappa shape index (κ1) is 11.7. The second-order valence-electron chi connectivity index (χ2n) is 6.75. The number of allylic oxidation sites excluding steroid dienone is 2. The number of esters is 1. The van der Waals surface area contributed by atoms with Gasteiger partial charge in [-0.05, 0) is 23.0 Å². The highest BCUT2D eigenvalue weighted by atomic mass is 16.5. The van der Waals surface area contributed by atoms with E-state index >= 15 is 0 Å². The minimum Gasteiger partial charge on any atom is -0.461 e. The highest BCUT2D eigenvalue weighted by Gasteiger charge is 2.68. The van der Waals surface area contributed by atoms with Crippen molar-refractivity contribution in [2.24, 2.45) is 23.7 Å². The van der Waals surface area contributed by atoms with Gasteiger partial charge in [0, 0.05) is 30.6 Å². The lowest BCUT2D eigenvalue weighted by Crippen LogP contribution is -2.25. The van der Waals surface area contributed by atoms with Gasteiger partial charge in [0.25, 0.3) is 0 Å². The highest BCUT2D eigenvalue weighted by Crippen LogP contribution is 2.69. The number of benzene rings is 1. The Morgan fingerprint density at radius 1 is 1.00 bits per heavy atom. The lowest BCUT2D eigenvalue weighted by atomic mass is 9.71. The summed E-state index contributed by atoms with van der Waals surface area (Å²) in [6, 6.07) is 8.38. The first-order valence-electron chi connectivity index (χ1n) is 7.66. The largest absolute Gasteiger partial charge is 0.461 e. The van der Waals surface area contributed by atoms with E-state index in [-0.39, 0.29) is 35.7 Å². The van der Waals surface area contributed by atoms with Crippen LogP contribution in [0.3, 0.4) is 0 Å². The lowest BCUT2D eigenvalue weighted by Gasteiger charge is -2.31. The third-order valence-electron chi connectivity index (χ3n) is 6.01. The zero-order chi connectivity index (χ0) is 14.3. The van der Waals surface area contributed by atoms with E-state index in [1.807, 2.05) is 12.1 Å². The van der Waals surface area contributed by atoms with Crippen LogP contribution in [0.2, 0.25) is 0 Å². The summed E-state index contributed by atoms with van der Waals surface area (Å²) in [6.45, 7) is 1.48. The minimum absolute atomic E-state index is 0.0430. The van der Waals surface area contributed by atoms with Gasteiger partial charge >= 0.3 is 5.97 Å². The zero-order valence-electron chi connectivity index (χ0n) is 11.7. The molecule has 106 valence electrons. The molecule has 2 fully saturated rings. The second kappa shape index (κ2) is 3.65. The SMILES string of the molecule is CC(=O)OC1[C@H]2c3ccccc3[C@@H]1[C@H]1[C@@H]2[C@H]2C=C[C@@H]1C2=O. The first-order valence-corrected chi connectivity index (χ1v) is 7.66. The Labute approximate surface area is 123 Å². The summed E-state index contributed by atoms with van der Waals surface area (Å²) >= 11 is 0. The van der Waals surface area contributed by atoms with Crippen LogP contribution < -0.4 is 0 Å². The molecule has 1 aromatic rings. The van der Waals surface area contributed by atoms with Crippen molar-refractivity contribution >= 4 is 11.8 Å². The predicted molar refractivity (Wildman–Crippen MR) is 75.6 cm³/mol. The van der Waals surface area contributed by atoms with Crippen molar-refractivity contribution < 1.29 is 14.3 Å². The molecule has 0 spiro atoms. The Balaban J connectivity index is 1.68. The summed E-state index contributed by atoms with van der Waals surface area (Å²) in [4.78, 5) is 23.9. The normalized spacial score (nSPS) is 44.0. The number of ketones is 1. The molecule has 0 heterocycles. The molecule has 5 rings (SSSR count). The molecule has 4 aliphatic rings. The van der Waals surface area contributed by atoms with Crippen LogP contribution in [-0.4, -0.2) is 17.9 Å². The fourth-order valence-corrected chi connectivity index (χ4v) is 5.58. The number of hydrogen-bond acceptors (Lipinski definition) is 3. The molecule has 0 radical (unpaired) electrons. The Morgan fingerprint density at radius 3 is 2.00 bits per heavy atom. The average molecular weight is 280 g/mol. The molecular weight excluding hydrogens is 264 g/mol. The third-order valence-corrected chi connectivity index (χ3v) is 6.01. The van der Waals surface area contributed by atoms with E-state index in [1.165, 1.54) is 18.1 Å². The number of rotatable bonds is 1. The summed E-state index contributed by atoms with van der Waals surface area (Å²) in [5, 5.41) is 0. The fraction of sp³-hybridized carbons (Fsp3) is 0.444. The molecule has 3 heteroatoms. The average Bonchev–Trinajstić information content (AvgIpc) is 3.14. The predicted octanol–water partition coefficient (Wildman–Crippen LogP) is 2.43. The van der Waals surface area contributed by atoms with Crippen LogP contribution in [0.5, 0.6) is 0 Å². The molecule has 21 heavy (non-hydrogen) atoms. The van der Waals surface area contributed by atoms with E-state index in [9.17, 15) is 9.59 Å². The molecule has 4 aliphatic carbocycles. The van der Waals surface area contributed by atoms with Crippen LogP contribution >= 0.6 is 0 Å². The maximum absolute atomic E-state index is 12.4. The Bertz CT molecular complexity index is 655. The number of carbonyl (C=O) groups excluding carboxylic acids is 2. The third kappa shape index (κ3) is 1.22. The van der Waals surface area contributed by atoms with E-state index in [4.69, 9.17) is 4.74 Å². The van der Waals surface area contributed by atoms with E-state index < -0.39 is 0 Å². The van der Waals surface area contributed by atoms with Crippen molar-refractivity contribution in [1.29, 1.82) is 0 Å². The van der Waals surface area contributed by atoms with Gasteiger partial charge in [0.05, 0.1) is 0 Å². The van der Waals surface area contributed by atoms with Crippen LogP contribution in [0.1, 0.15) is 29.9 Å². The molecule has 4 bridgehead atoms. The Morgan fingerprint density at radius 2 is 1.52 bits per heavy atom. The molecule has 0 aromatic heterocycles. The maximum Gasteiger partial charge on any atom is 0.302 e. The lowest BCUT2D eigenvalue weighted by molar-refractivity contribution is -0.147. The molecule has 0 N–H and O–H groups in total. The van der Waals surface area contributed by atoms with Gasteiger partial charge in [-0.3, -0.25) is 9.59 Å². The van der Waals surface area contributed by atoms with Gasteiger partial charge < -0.3 is 4.74 Å². The molecule has 1 aromatic carbocycles. The number of Topliss-reactive ketones (excluding diaryl/α,β-unsaturated/α-hetero) is 1. The molecule has 0 saturated heterocycles. The standard InChI is InChI=1S/C18H16O3/c1-8(19)21-18-15-9-4-2-3-5-10(9)16(18)14-12-7-6-11(13(14)15)17(12)20/h2-7,11-16,18H,1H3/t11-,12+,13+,14-,15+,16-,18?. The zero-order valence-corrected chi connectivity index (χ0v) is 11.7. The van der Waals surface area contributed by atoms with Gasteiger partial charge in [-0.2, -0.15) is 0 Å². The van der Waals surface area contributed by atoms with Crippen molar-refractivity contribution in [2.75, 3.05) is 0 Å². The second-order valence-corrected chi connectivity index (χ2v) is 6.75. The summed E-state index contributed by atoms with van der Waals surface area (Å²) in [5.41, 5.74) is 2.59. The van der Waals surface area contributed by atoms with Crippen LogP contribution in [0.4, 0.5) is 0 Å². The minimum atomic E-state index is -0.214. The molecule has 1 unspecified atom stereocenters. The van der Waals surface area contributed by atoms with Gasteiger partial charge in [0.2, 0.25) is 0 Å². The van der Waals surface area contributed by atoms with E-state index in [0.29, 0.717) is 17.6 Å². The summed E-state index contributed by atoms with van der Waals surface area (Å²) in [6.07, 6.45) is 4.10. The van der Waals surface area contributed by atoms with Gasteiger partial charge in [0.15, 0.2) is 0 Å². The van der Waals surface area contributed by atoms with Crippen LogP contribution in [0.25, 0.3) is 0 Å². The van der Waals surface area contributed by atoms with Crippen molar-refractivity contribution in [1.82, 2.24) is 0 Å². The Kier molecular flexibility index (Phi) is 2.04. The van der Waals surface area contributed by atoms with Crippen molar-refractivity contribution in [2.45, 2.75) is 24.9 Å². The van der Waals surface area contributed by atoms with Crippen molar-refractivity contribution in [3.63, 3.8) is 0 Å². The van der Waals surface area contributed by atoms with Gasteiger partial charge in [-0.15, -0.1) is 0 Å². The van der Waals surface area contributed by atoms with Crippen LogP contribution in [-0.2, 0) is 14.3 Å². The monoisotopic (exact) mass is 280 g/mol. The number of carbonyl (C=O) groups is 2. The van der Waals surface area contributed by atoms with Gasteiger partial charge in [0.1, 0.15) is 11.9 Å².